The molecule has 0 radical (unpaired) electrons. The molecule has 1 N–H and O–H groups in total. The quantitative estimate of drug-likeness (QED) is 0.794. The van der Waals surface area contributed by atoms with Crippen molar-refractivity contribution in [3.8, 4) is 0 Å². The number of aliphatic hydroxyl groups is 1. The van der Waals surface area contributed by atoms with Gasteiger partial charge in [0.25, 0.3) is 0 Å². The summed E-state index contributed by atoms with van der Waals surface area (Å²) in [6.07, 6.45) is 2.22. The highest BCUT2D eigenvalue weighted by atomic mass is 19.1. The molecule has 106 valence electrons. The molecule has 1 atom stereocenters. The molecule has 1 unspecified atom stereocenters. The third-order valence-corrected chi connectivity index (χ3v) is 3.53. The van der Waals surface area contributed by atoms with Crippen molar-refractivity contribution in [2.24, 2.45) is 0 Å². The van der Waals surface area contributed by atoms with Crippen LogP contribution in [-0.2, 0) is 6.42 Å². The van der Waals surface area contributed by atoms with Crippen LogP contribution in [0.5, 0.6) is 0 Å². The fourth-order valence-electron chi connectivity index (χ4n) is 2.47. The number of aliphatic hydroxyl groups excluding tert-OH is 1. The van der Waals surface area contributed by atoms with Crippen LogP contribution in [0.1, 0.15) is 17.2 Å². The predicted molar refractivity (Wildman–Crippen MR) is 76.8 cm³/mol. The number of pyridine rings is 1. The van der Waals surface area contributed by atoms with E-state index in [0.29, 0.717) is 5.56 Å². The van der Waals surface area contributed by atoms with Gasteiger partial charge in [0.1, 0.15) is 11.6 Å². The Balaban J connectivity index is 2.00. The van der Waals surface area contributed by atoms with Crippen molar-refractivity contribution < 1.29 is 13.9 Å². The van der Waals surface area contributed by atoms with Crippen LogP contribution in [0.15, 0.2) is 54.9 Å². The number of benzene rings is 2. The first-order chi connectivity index (χ1) is 10.2. The largest absolute Gasteiger partial charge is 0.388 e. The van der Waals surface area contributed by atoms with Gasteiger partial charge in [0.15, 0.2) is 0 Å². The van der Waals surface area contributed by atoms with Crippen molar-refractivity contribution in [3.05, 3.63) is 77.6 Å². The van der Waals surface area contributed by atoms with Gasteiger partial charge in [-0.2, -0.15) is 0 Å². The van der Waals surface area contributed by atoms with Gasteiger partial charge in [0.2, 0.25) is 0 Å². The molecule has 0 aliphatic carbocycles. The molecule has 2 nitrogen and oxygen atoms in total. The lowest BCUT2D eigenvalue weighted by Crippen LogP contribution is -2.06. The highest BCUT2D eigenvalue weighted by Gasteiger charge is 2.17. The molecule has 0 fully saturated rings. The van der Waals surface area contributed by atoms with Gasteiger partial charge in [-0.25, -0.2) is 8.78 Å². The second-order valence-electron chi connectivity index (χ2n) is 4.86. The van der Waals surface area contributed by atoms with Gasteiger partial charge >= 0.3 is 0 Å². The Morgan fingerprint density at radius 3 is 2.48 bits per heavy atom. The van der Waals surface area contributed by atoms with Crippen LogP contribution in [0.25, 0.3) is 10.8 Å². The molecule has 0 amide bonds. The Morgan fingerprint density at radius 1 is 1.00 bits per heavy atom. The van der Waals surface area contributed by atoms with Crippen molar-refractivity contribution in [1.82, 2.24) is 4.98 Å². The van der Waals surface area contributed by atoms with Crippen molar-refractivity contribution in [2.75, 3.05) is 0 Å². The Kier molecular flexibility index (Phi) is 3.62. The third kappa shape index (κ3) is 2.62. The van der Waals surface area contributed by atoms with Gasteiger partial charge in [-0.3, -0.25) is 4.98 Å². The van der Waals surface area contributed by atoms with E-state index in [4.69, 9.17) is 0 Å². The van der Waals surface area contributed by atoms with E-state index in [1.807, 2.05) is 6.07 Å². The molecule has 0 saturated heterocycles. The molecule has 0 aliphatic rings. The average molecular weight is 285 g/mol. The topological polar surface area (TPSA) is 33.1 Å². The van der Waals surface area contributed by atoms with Crippen LogP contribution in [0.4, 0.5) is 8.78 Å². The normalized spacial score (nSPS) is 12.5. The molecule has 21 heavy (non-hydrogen) atoms. The van der Waals surface area contributed by atoms with Crippen molar-refractivity contribution >= 4 is 10.8 Å². The van der Waals surface area contributed by atoms with Crippen LogP contribution in [0.2, 0.25) is 0 Å². The predicted octanol–water partition coefficient (Wildman–Crippen LogP) is 3.79. The molecular formula is C17H13F2NO. The van der Waals surface area contributed by atoms with E-state index in [2.05, 4.69) is 4.98 Å². The SMILES string of the molecule is OC(Cc1c(F)cccc1F)c1cccc2cnccc12. The maximum Gasteiger partial charge on any atom is 0.129 e. The lowest BCUT2D eigenvalue weighted by Gasteiger charge is -2.14. The minimum Gasteiger partial charge on any atom is -0.388 e. The van der Waals surface area contributed by atoms with Crippen LogP contribution in [0, 0.1) is 11.6 Å². The van der Waals surface area contributed by atoms with Gasteiger partial charge in [-0.1, -0.05) is 24.3 Å². The van der Waals surface area contributed by atoms with Gasteiger partial charge < -0.3 is 5.11 Å². The van der Waals surface area contributed by atoms with Gasteiger partial charge in [0.05, 0.1) is 6.10 Å². The molecule has 4 heteroatoms. The average Bonchev–Trinajstić information content (AvgIpc) is 2.50. The third-order valence-electron chi connectivity index (χ3n) is 3.53. The molecule has 0 aliphatic heterocycles. The smallest absolute Gasteiger partial charge is 0.129 e. The van der Waals surface area contributed by atoms with Gasteiger partial charge in [-0.15, -0.1) is 0 Å². The Hall–Kier alpha value is -2.33. The monoisotopic (exact) mass is 285 g/mol. The standard InChI is InChI=1S/C17H13F2NO/c18-15-5-2-6-16(19)14(15)9-17(21)13-4-1-3-11-10-20-8-7-12(11)13/h1-8,10,17,21H,9H2. The van der Waals surface area contributed by atoms with E-state index in [9.17, 15) is 13.9 Å². The molecule has 1 aromatic heterocycles. The summed E-state index contributed by atoms with van der Waals surface area (Å²) in [6.45, 7) is 0. The number of nitrogens with zero attached hydrogens (tertiary/aromatic N) is 1. The number of rotatable bonds is 3. The van der Waals surface area contributed by atoms with Crippen molar-refractivity contribution in [2.45, 2.75) is 12.5 Å². The molecule has 2 aromatic carbocycles. The fraction of sp³-hybridized carbons (Fsp3) is 0.118. The fourth-order valence-corrected chi connectivity index (χ4v) is 2.47. The summed E-state index contributed by atoms with van der Waals surface area (Å²) in [5.41, 5.74) is 0.536. The summed E-state index contributed by atoms with van der Waals surface area (Å²) in [5, 5.41) is 12.1. The minimum absolute atomic E-state index is 0.101. The number of hydrogen-bond donors (Lipinski definition) is 1. The van der Waals surface area contributed by atoms with Crippen LogP contribution in [-0.4, -0.2) is 10.1 Å². The first kappa shape index (κ1) is 13.6. The van der Waals surface area contributed by atoms with Crippen LogP contribution in [0.3, 0.4) is 0 Å². The Morgan fingerprint density at radius 2 is 1.71 bits per heavy atom. The van der Waals surface area contributed by atoms with E-state index in [1.165, 1.54) is 18.2 Å². The van der Waals surface area contributed by atoms with E-state index in [0.717, 1.165) is 10.8 Å². The van der Waals surface area contributed by atoms with Crippen molar-refractivity contribution in [3.63, 3.8) is 0 Å². The zero-order valence-electron chi connectivity index (χ0n) is 11.1. The zero-order chi connectivity index (χ0) is 14.8. The van der Waals surface area contributed by atoms with Crippen molar-refractivity contribution in [1.29, 1.82) is 0 Å². The summed E-state index contributed by atoms with van der Waals surface area (Å²) in [7, 11) is 0. The lowest BCUT2D eigenvalue weighted by molar-refractivity contribution is 0.177. The first-order valence-electron chi connectivity index (χ1n) is 6.60. The number of aromatic nitrogens is 1. The lowest BCUT2D eigenvalue weighted by atomic mass is 9.96. The molecule has 0 bridgehead atoms. The number of halogens is 2. The number of hydrogen-bond acceptors (Lipinski definition) is 2. The Labute approximate surface area is 120 Å². The summed E-state index contributed by atoms with van der Waals surface area (Å²) in [5.74, 6) is -1.29. The first-order valence-corrected chi connectivity index (χ1v) is 6.60. The van der Waals surface area contributed by atoms with Crippen LogP contribution < -0.4 is 0 Å². The van der Waals surface area contributed by atoms with E-state index in [-0.39, 0.29) is 12.0 Å². The maximum atomic E-state index is 13.7. The summed E-state index contributed by atoms with van der Waals surface area (Å²) < 4.78 is 27.4. The highest BCUT2D eigenvalue weighted by molar-refractivity contribution is 5.85. The minimum atomic E-state index is -0.984. The van der Waals surface area contributed by atoms with Crippen LogP contribution >= 0.6 is 0 Å². The maximum absolute atomic E-state index is 13.7. The molecule has 0 spiro atoms. The summed E-state index contributed by atoms with van der Waals surface area (Å²) in [6, 6.07) is 10.9. The molecule has 3 rings (SSSR count). The van der Waals surface area contributed by atoms with E-state index >= 15 is 0 Å². The van der Waals surface area contributed by atoms with Gasteiger partial charge in [0, 0.05) is 29.8 Å². The molecule has 1 heterocycles. The summed E-state index contributed by atoms with van der Waals surface area (Å²) in [4.78, 5) is 4.02. The van der Waals surface area contributed by atoms with E-state index < -0.39 is 17.7 Å². The Bertz CT molecular complexity index is 763. The number of fused-ring (bicyclic) bond motifs is 1. The zero-order valence-corrected chi connectivity index (χ0v) is 11.1. The molecular weight excluding hydrogens is 272 g/mol. The highest BCUT2D eigenvalue weighted by Crippen LogP contribution is 2.27. The molecule has 3 aromatic rings. The van der Waals surface area contributed by atoms with E-state index in [1.54, 1.807) is 30.6 Å². The summed E-state index contributed by atoms with van der Waals surface area (Å²) >= 11 is 0. The second kappa shape index (κ2) is 5.58. The van der Waals surface area contributed by atoms with Gasteiger partial charge in [-0.05, 0) is 29.1 Å². The molecule has 0 saturated carbocycles. The second-order valence-corrected chi connectivity index (χ2v) is 4.86.